The van der Waals surface area contributed by atoms with E-state index in [1.807, 2.05) is 20.8 Å². The lowest BCUT2D eigenvalue weighted by Crippen LogP contribution is -2.64. The third kappa shape index (κ3) is 5.20. The van der Waals surface area contributed by atoms with Gasteiger partial charge < -0.3 is 15.2 Å². The zero-order chi connectivity index (χ0) is 32.3. The highest BCUT2D eigenvalue weighted by molar-refractivity contribution is 6.15. The Kier molecular flexibility index (Phi) is 8.91. The Morgan fingerprint density at radius 2 is 1.57 bits per heavy atom. The molecule has 7 heteroatoms. The van der Waals surface area contributed by atoms with E-state index in [0.29, 0.717) is 6.42 Å². The van der Waals surface area contributed by atoms with Crippen LogP contribution in [0.15, 0.2) is 11.6 Å². The van der Waals surface area contributed by atoms with Crippen LogP contribution >= 0.6 is 0 Å². The molecule has 3 fully saturated rings. The lowest BCUT2D eigenvalue weighted by Gasteiger charge is -2.62. The van der Waals surface area contributed by atoms with Crippen LogP contribution in [0.25, 0.3) is 0 Å². The normalized spacial score (nSPS) is 34.7. The number of hydrogen-bond acceptors (Lipinski definition) is 6. The summed E-state index contributed by atoms with van der Waals surface area (Å²) in [4.78, 5) is 52.5. The largest absolute Gasteiger partial charge is 0.469 e. The molecule has 1 amide bonds. The molecule has 1 heterocycles. The van der Waals surface area contributed by atoms with Gasteiger partial charge in [-0.1, -0.05) is 74.3 Å². The third-order valence-electron chi connectivity index (χ3n) is 12.3. The Labute approximate surface area is 254 Å². The Morgan fingerprint density at radius 1 is 1.00 bits per heavy atom. The maximum atomic E-state index is 13.7. The van der Waals surface area contributed by atoms with Crippen LogP contribution < -0.4 is 5.73 Å². The van der Waals surface area contributed by atoms with E-state index in [1.54, 1.807) is 13.0 Å². The van der Waals surface area contributed by atoms with Gasteiger partial charge in [0, 0.05) is 10.8 Å². The van der Waals surface area contributed by atoms with Crippen LogP contribution in [0.4, 0.5) is 0 Å². The van der Waals surface area contributed by atoms with Gasteiger partial charge in [-0.05, 0) is 87.0 Å². The van der Waals surface area contributed by atoms with Crippen molar-refractivity contribution in [1.29, 1.82) is 0 Å². The molecular formula is C35H57NO6. The number of esters is 1. The van der Waals surface area contributed by atoms with E-state index in [1.165, 1.54) is 7.11 Å². The first-order chi connectivity index (χ1) is 19.0. The molecule has 0 spiro atoms. The molecule has 42 heavy (non-hydrogen) atoms. The fourth-order valence-corrected chi connectivity index (χ4v) is 8.97. The molecule has 0 bridgehead atoms. The molecule has 0 aromatic heterocycles. The Bertz CT molecular complexity index is 1170. The molecule has 6 atom stereocenters. The van der Waals surface area contributed by atoms with Gasteiger partial charge in [-0.25, -0.2) is 0 Å². The molecule has 0 aromatic carbocycles. The summed E-state index contributed by atoms with van der Waals surface area (Å²) in [5.41, 5.74) is 2.22. The predicted molar refractivity (Wildman–Crippen MR) is 164 cm³/mol. The van der Waals surface area contributed by atoms with Crippen LogP contribution in [0, 0.1) is 38.4 Å². The van der Waals surface area contributed by atoms with E-state index in [4.69, 9.17) is 15.2 Å². The highest BCUT2D eigenvalue weighted by Crippen LogP contribution is 2.73. The quantitative estimate of drug-likeness (QED) is 0.117. The monoisotopic (exact) mass is 587 g/mol. The number of hydrogen-bond donors (Lipinski definition) is 1. The smallest absolute Gasteiger partial charge is 0.311 e. The summed E-state index contributed by atoms with van der Waals surface area (Å²) in [5.74, 6) is -1.38. The number of carbonyl (C=O) groups excluding carboxylic acids is 4. The SMILES string of the molecule is CCCC(C)(C)CC[C@@](C)(CCC(C)(C)[C@]1(C)CC[C@H]2C(C)(C)C(=O)[C@]3(C(N)=O)O[C@@H]3[C@]2(C)/C1=C/C(C)=O)C(=O)OC. The summed E-state index contributed by atoms with van der Waals surface area (Å²) in [6.45, 7) is 22.8. The number of amides is 1. The molecule has 3 rings (SSSR count). The summed E-state index contributed by atoms with van der Waals surface area (Å²) in [7, 11) is 1.47. The first-order valence-corrected chi connectivity index (χ1v) is 15.9. The van der Waals surface area contributed by atoms with Crippen molar-refractivity contribution in [2.45, 2.75) is 139 Å². The van der Waals surface area contributed by atoms with E-state index in [2.05, 4.69) is 48.5 Å². The molecular weight excluding hydrogens is 530 g/mol. The third-order valence-corrected chi connectivity index (χ3v) is 12.3. The minimum atomic E-state index is -1.65. The van der Waals surface area contributed by atoms with Crippen molar-refractivity contribution < 1.29 is 28.7 Å². The second-order valence-electron chi connectivity index (χ2n) is 16.4. The Hall–Kier alpha value is -2.02. The van der Waals surface area contributed by atoms with Crippen LogP contribution in [0.2, 0.25) is 0 Å². The summed E-state index contributed by atoms with van der Waals surface area (Å²) in [6.07, 6.45) is 7.80. The van der Waals surface area contributed by atoms with Gasteiger partial charge in [0.25, 0.3) is 5.91 Å². The number of fused-ring (bicyclic) bond motifs is 3. The summed E-state index contributed by atoms with van der Waals surface area (Å²) >= 11 is 0. The number of ketones is 2. The first-order valence-electron chi connectivity index (χ1n) is 15.9. The van der Waals surface area contributed by atoms with E-state index in [-0.39, 0.29) is 34.3 Å². The average Bonchev–Trinajstić information content (AvgIpc) is 3.65. The van der Waals surface area contributed by atoms with E-state index in [0.717, 1.165) is 50.5 Å². The van der Waals surface area contributed by atoms with Crippen LogP contribution in [0.5, 0.6) is 0 Å². The minimum Gasteiger partial charge on any atom is -0.469 e. The van der Waals surface area contributed by atoms with Crippen LogP contribution in [0.3, 0.4) is 0 Å². The molecule has 1 aliphatic heterocycles. The molecule has 1 saturated heterocycles. The van der Waals surface area contributed by atoms with Crippen LogP contribution in [-0.4, -0.2) is 42.3 Å². The van der Waals surface area contributed by atoms with Crippen molar-refractivity contribution in [3.63, 3.8) is 0 Å². The molecule has 2 saturated carbocycles. The van der Waals surface area contributed by atoms with Gasteiger partial charge in [0.05, 0.1) is 12.5 Å². The molecule has 0 radical (unpaired) electrons. The van der Waals surface area contributed by atoms with Crippen LogP contribution in [0.1, 0.15) is 128 Å². The summed E-state index contributed by atoms with van der Waals surface area (Å²) in [5, 5.41) is 0. The number of allylic oxidation sites excluding steroid dienone is 1. The topological polar surface area (TPSA) is 116 Å². The van der Waals surface area contributed by atoms with Gasteiger partial charge in [-0.3, -0.25) is 19.2 Å². The maximum Gasteiger partial charge on any atom is 0.311 e. The number of nitrogens with two attached hydrogens (primary N) is 1. The lowest BCUT2D eigenvalue weighted by molar-refractivity contribution is -0.153. The van der Waals surface area contributed by atoms with Gasteiger partial charge in [0.15, 0.2) is 11.6 Å². The lowest BCUT2D eigenvalue weighted by atomic mass is 9.40. The van der Waals surface area contributed by atoms with E-state index >= 15 is 0 Å². The molecule has 2 N–H and O–H groups in total. The zero-order valence-corrected chi connectivity index (χ0v) is 28.4. The summed E-state index contributed by atoms with van der Waals surface area (Å²) in [6, 6.07) is 0. The van der Waals surface area contributed by atoms with Crippen molar-refractivity contribution >= 4 is 23.4 Å². The van der Waals surface area contributed by atoms with Crippen molar-refractivity contribution in [1.82, 2.24) is 0 Å². The average molecular weight is 588 g/mol. The number of Topliss-reactive ketones (excluding diaryl/α,β-unsaturated/α-hetero) is 1. The number of rotatable bonds is 12. The number of primary amides is 1. The highest BCUT2D eigenvalue weighted by Gasteiger charge is 2.83. The minimum absolute atomic E-state index is 0.0773. The Morgan fingerprint density at radius 3 is 2.07 bits per heavy atom. The Balaban J connectivity index is 2.03. The number of epoxide rings is 1. The second kappa shape index (κ2) is 10.9. The van der Waals surface area contributed by atoms with Gasteiger partial charge in [0.1, 0.15) is 6.10 Å². The highest BCUT2D eigenvalue weighted by atomic mass is 16.6. The van der Waals surface area contributed by atoms with E-state index in [9.17, 15) is 19.2 Å². The van der Waals surface area contributed by atoms with Crippen molar-refractivity contribution in [2.24, 2.45) is 44.1 Å². The molecule has 7 nitrogen and oxygen atoms in total. The maximum absolute atomic E-state index is 13.7. The number of methoxy groups -OCH3 is 1. The summed E-state index contributed by atoms with van der Waals surface area (Å²) < 4.78 is 11.4. The predicted octanol–water partition coefficient (Wildman–Crippen LogP) is 6.75. The number of ether oxygens (including phenoxy) is 2. The van der Waals surface area contributed by atoms with Gasteiger partial charge >= 0.3 is 5.97 Å². The molecule has 238 valence electrons. The first kappa shape index (κ1) is 34.5. The van der Waals surface area contributed by atoms with Crippen molar-refractivity contribution in [2.75, 3.05) is 7.11 Å². The zero-order valence-electron chi connectivity index (χ0n) is 28.4. The van der Waals surface area contributed by atoms with Crippen molar-refractivity contribution in [3.8, 4) is 0 Å². The second-order valence-corrected chi connectivity index (χ2v) is 16.4. The standard InChI is InChI=1S/C35H57NO6/c1-13-15-29(3,4)17-19-32(9,28(40)41-12)20-18-30(5,6)33(10)16-14-23-31(7,8)25(38)35(27(36)39)26(42-35)34(23,11)24(33)21-22(2)37/h21,23,26H,13-20H2,1-12H3,(H2,36,39)/b24-21+/t23-,26+,32-,33+,34-,35-/m0/s1. The molecule has 0 aromatic rings. The fraction of sp³-hybridized carbons (Fsp3) is 0.829. The van der Waals surface area contributed by atoms with Crippen LogP contribution in [-0.2, 0) is 28.7 Å². The fourth-order valence-electron chi connectivity index (χ4n) is 8.97. The molecule has 0 unspecified atom stereocenters. The van der Waals surface area contributed by atoms with Gasteiger partial charge in [-0.2, -0.15) is 0 Å². The van der Waals surface area contributed by atoms with E-state index < -0.39 is 39.3 Å². The van der Waals surface area contributed by atoms with Gasteiger partial charge in [0.2, 0.25) is 5.60 Å². The van der Waals surface area contributed by atoms with Crippen molar-refractivity contribution in [3.05, 3.63) is 11.6 Å². The molecule has 2 aliphatic carbocycles. The van der Waals surface area contributed by atoms with Gasteiger partial charge in [-0.15, -0.1) is 0 Å². The molecule has 3 aliphatic rings. The number of carbonyl (C=O) groups is 4.